The lowest BCUT2D eigenvalue weighted by Crippen LogP contribution is -2.43. The van der Waals surface area contributed by atoms with E-state index in [1.54, 1.807) is 14.0 Å². The molecular formula is C11H20N2O3Si. The van der Waals surface area contributed by atoms with Crippen LogP contribution in [-0.2, 0) is 14.3 Å². The van der Waals surface area contributed by atoms with Gasteiger partial charge in [0.15, 0.2) is 0 Å². The SMILES string of the molecule is CCOC(=O)C1=C(N[Si](C)(C)C)C(=O)N(C)C1. The summed E-state index contributed by atoms with van der Waals surface area (Å²) < 4.78 is 4.97. The summed E-state index contributed by atoms with van der Waals surface area (Å²) in [5.74, 6) is -0.526. The van der Waals surface area contributed by atoms with Crippen LogP contribution in [-0.4, -0.2) is 45.2 Å². The van der Waals surface area contributed by atoms with Gasteiger partial charge in [-0.15, -0.1) is 0 Å². The minimum Gasteiger partial charge on any atom is -0.463 e. The van der Waals surface area contributed by atoms with E-state index in [1.807, 2.05) is 0 Å². The first kappa shape index (κ1) is 13.8. The highest BCUT2D eigenvalue weighted by Crippen LogP contribution is 2.18. The third kappa shape index (κ3) is 3.32. The number of esters is 1. The Morgan fingerprint density at radius 1 is 1.47 bits per heavy atom. The van der Waals surface area contributed by atoms with Gasteiger partial charge in [-0.2, -0.15) is 0 Å². The van der Waals surface area contributed by atoms with E-state index in [2.05, 4.69) is 24.6 Å². The fraction of sp³-hybridized carbons (Fsp3) is 0.636. The first-order valence-corrected chi connectivity index (χ1v) is 9.20. The molecular weight excluding hydrogens is 236 g/mol. The highest BCUT2D eigenvalue weighted by atomic mass is 28.3. The predicted octanol–water partition coefficient (Wildman–Crippen LogP) is 0.700. The first-order chi connectivity index (χ1) is 7.76. The Hall–Kier alpha value is -1.30. The number of hydrogen-bond acceptors (Lipinski definition) is 4. The first-order valence-electron chi connectivity index (χ1n) is 5.70. The van der Waals surface area contributed by atoms with E-state index >= 15 is 0 Å². The molecule has 6 heteroatoms. The van der Waals surface area contributed by atoms with Crippen molar-refractivity contribution in [3.63, 3.8) is 0 Å². The molecule has 17 heavy (non-hydrogen) atoms. The standard InChI is InChI=1S/C11H20N2O3Si/c1-6-16-11(15)8-7-13(2)10(14)9(8)12-17(3,4)5/h12H,6-7H2,1-5H3. The molecule has 0 aliphatic carbocycles. The van der Waals surface area contributed by atoms with E-state index in [-0.39, 0.29) is 5.91 Å². The largest absolute Gasteiger partial charge is 0.463 e. The number of nitrogens with one attached hydrogen (secondary N) is 1. The van der Waals surface area contributed by atoms with Crippen molar-refractivity contribution in [3.05, 3.63) is 11.3 Å². The number of ether oxygens (including phenoxy) is 1. The number of carbonyl (C=O) groups excluding carboxylic acids is 2. The lowest BCUT2D eigenvalue weighted by molar-refractivity contribution is -0.138. The van der Waals surface area contributed by atoms with Gasteiger partial charge in [-0.1, -0.05) is 19.6 Å². The molecule has 0 saturated carbocycles. The third-order valence-electron chi connectivity index (χ3n) is 2.28. The molecule has 0 bridgehead atoms. The highest BCUT2D eigenvalue weighted by Gasteiger charge is 2.34. The van der Waals surface area contributed by atoms with Crippen molar-refractivity contribution in [1.29, 1.82) is 0 Å². The fourth-order valence-electron chi connectivity index (χ4n) is 1.60. The molecule has 0 aromatic heterocycles. The van der Waals surface area contributed by atoms with Crippen LogP contribution >= 0.6 is 0 Å². The Morgan fingerprint density at radius 2 is 2.06 bits per heavy atom. The van der Waals surface area contributed by atoms with Crippen LogP contribution in [0.4, 0.5) is 0 Å². The summed E-state index contributed by atoms with van der Waals surface area (Å²) in [6.07, 6.45) is 0. The third-order valence-corrected chi connectivity index (χ3v) is 3.28. The summed E-state index contributed by atoms with van der Waals surface area (Å²) in [6.45, 7) is 8.63. The van der Waals surface area contributed by atoms with Gasteiger partial charge in [-0.25, -0.2) is 4.79 Å². The highest BCUT2D eigenvalue weighted by molar-refractivity contribution is 6.74. The molecule has 1 heterocycles. The summed E-state index contributed by atoms with van der Waals surface area (Å²) in [5.41, 5.74) is 0.867. The molecule has 1 N–H and O–H groups in total. The molecule has 0 fully saturated rings. The molecule has 1 amide bonds. The average molecular weight is 256 g/mol. The molecule has 0 spiro atoms. The van der Waals surface area contributed by atoms with Gasteiger partial charge in [0.25, 0.3) is 5.91 Å². The zero-order valence-corrected chi connectivity index (χ0v) is 12.1. The van der Waals surface area contributed by atoms with Gasteiger partial charge >= 0.3 is 5.97 Å². The van der Waals surface area contributed by atoms with Crippen LogP contribution in [0.15, 0.2) is 11.3 Å². The molecule has 1 aliphatic heterocycles. The molecule has 0 radical (unpaired) electrons. The monoisotopic (exact) mass is 256 g/mol. The maximum Gasteiger partial charge on any atom is 0.338 e. The Labute approximate surface area is 103 Å². The van der Waals surface area contributed by atoms with Gasteiger partial charge in [-0.3, -0.25) is 4.79 Å². The Balaban J connectivity index is 3.00. The van der Waals surface area contributed by atoms with E-state index in [0.717, 1.165) is 0 Å². The second-order valence-electron chi connectivity index (χ2n) is 5.11. The van der Waals surface area contributed by atoms with Gasteiger partial charge in [0.1, 0.15) is 13.9 Å². The van der Waals surface area contributed by atoms with E-state index in [4.69, 9.17) is 4.74 Å². The van der Waals surface area contributed by atoms with Crippen molar-refractivity contribution in [3.8, 4) is 0 Å². The van der Waals surface area contributed by atoms with Gasteiger partial charge in [-0.05, 0) is 6.92 Å². The van der Waals surface area contributed by atoms with Gasteiger partial charge in [0.05, 0.1) is 18.7 Å². The number of rotatable bonds is 4. The summed E-state index contributed by atoms with van der Waals surface area (Å²) in [4.78, 5) is 28.4. The normalized spacial score (nSPS) is 16.5. The molecule has 0 unspecified atom stereocenters. The van der Waals surface area contributed by atoms with Gasteiger partial charge in [0, 0.05) is 7.05 Å². The van der Waals surface area contributed by atoms with Crippen molar-refractivity contribution in [2.24, 2.45) is 0 Å². The van der Waals surface area contributed by atoms with Crippen LogP contribution in [0.5, 0.6) is 0 Å². The summed E-state index contributed by atoms with van der Waals surface area (Å²) in [5, 5.41) is 0. The summed E-state index contributed by atoms with van der Waals surface area (Å²) in [6, 6.07) is 0. The molecule has 0 aromatic carbocycles. The van der Waals surface area contributed by atoms with E-state index < -0.39 is 14.2 Å². The van der Waals surface area contributed by atoms with Crippen LogP contribution in [0.1, 0.15) is 6.92 Å². The summed E-state index contributed by atoms with van der Waals surface area (Å²) in [7, 11) is 0.0136. The number of amides is 1. The predicted molar refractivity (Wildman–Crippen MR) is 67.8 cm³/mol. The van der Waals surface area contributed by atoms with Crippen LogP contribution < -0.4 is 4.98 Å². The quantitative estimate of drug-likeness (QED) is 0.594. The van der Waals surface area contributed by atoms with Crippen molar-refractivity contribution >= 4 is 20.1 Å². The Bertz CT molecular complexity index is 371. The van der Waals surface area contributed by atoms with Crippen LogP contribution in [0.25, 0.3) is 0 Å². The maximum absolute atomic E-state index is 11.9. The minimum absolute atomic E-state index is 0.129. The average Bonchev–Trinajstić information content (AvgIpc) is 2.44. The zero-order chi connectivity index (χ0) is 13.2. The van der Waals surface area contributed by atoms with Gasteiger partial charge in [0.2, 0.25) is 0 Å². The van der Waals surface area contributed by atoms with E-state index in [0.29, 0.717) is 24.4 Å². The Morgan fingerprint density at radius 3 is 2.53 bits per heavy atom. The number of likely N-dealkylation sites (N-methyl/N-ethyl adjacent to an activating group) is 1. The zero-order valence-electron chi connectivity index (χ0n) is 11.1. The second-order valence-corrected chi connectivity index (χ2v) is 9.86. The molecule has 0 atom stereocenters. The lowest BCUT2D eigenvalue weighted by Gasteiger charge is -2.20. The molecule has 5 nitrogen and oxygen atoms in total. The molecule has 0 saturated heterocycles. The number of nitrogens with zero attached hydrogens (tertiary/aromatic N) is 1. The second kappa shape index (κ2) is 4.91. The topological polar surface area (TPSA) is 58.6 Å². The van der Waals surface area contributed by atoms with E-state index in [9.17, 15) is 9.59 Å². The van der Waals surface area contributed by atoms with E-state index in [1.165, 1.54) is 4.90 Å². The van der Waals surface area contributed by atoms with Crippen molar-refractivity contribution in [1.82, 2.24) is 9.88 Å². The number of carbonyl (C=O) groups is 2. The minimum atomic E-state index is -1.67. The van der Waals surface area contributed by atoms with Gasteiger partial charge < -0.3 is 14.6 Å². The number of hydrogen-bond donors (Lipinski definition) is 1. The Kier molecular flexibility index (Phi) is 3.97. The maximum atomic E-state index is 11.9. The molecule has 1 aliphatic rings. The van der Waals surface area contributed by atoms with Crippen molar-refractivity contribution < 1.29 is 14.3 Å². The molecule has 96 valence electrons. The van der Waals surface area contributed by atoms with Crippen LogP contribution in [0, 0.1) is 0 Å². The smallest absolute Gasteiger partial charge is 0.338 e. The molecule has 1 rings (SSSR count). The summed E-state index contributed by atoms with van der Waals surface area (Å²) >= 11 is 0. The molecule has 0 aromatic rings. The van der Waals surface area contributed by atoms with Crippen molar-refractivity contribution in [2.75, 3.05) is 20.2 Å². The van der Waals surface area contributed by atoms with Crippen LogP contribution in [0.3, 0.4) is 0 Å². The van der Waals surface area contributed by atoms with Crippen LogP contribution in [0.2, 0.25) is 19.6 Å². The van der Waals surface area contributed by atoms with Crippen molar-refractivity contribution in [2.45, 2.75) is 26.6 Å². The fourth-order valence-corrected chi connectivity index (χ4v) is 2.60. The lowest BCUT2D eigenvalue weighted by atomic mass is 10.2.